The summed E-state index contributed by atoms with van der Waals surface area (Å²) < 4.78 is 0. The molecule has 2 N–H and O–H groups in total. The molecule has 100 valence electrons. The maximum Gasteiger partial charge on any atom is 0.0610 e. The third-order valence-electron chi connectivity index (χ3n) is 3.48. The second-order valence-corrected chi connectivity index (χ2v) is 6.64. The largest absolute Gasteiger partial charge is 0.394 e. The lowest BCUT2D eigenvalue weighted by molar-refractivity contribution is 0.169. The van der Waals surface area contributed by atoms with Gasteiger partial charge in [0.05, 0.1) is 6.61 Å². The van der Waals surface area contributed by atoms with Gasteiger partial charge in [0.15, 0.2) is 0 Å². The molecule has 0 saturated heterocycles. The fourth-order valence-corrected chi connectivity index (χ4v) is 3.26. The average Bonchev–Trinajstić information content (AvgIpc) is 3.15. The third kappa shape index (κ3) is 4.01. The molecule has 2 rings (SSSR count). The smallest absolute Gasteiger partial charge is 0.0610 e. The highest BCUT2D eigenvalue weighted by molar-refractivity contribution is 7.99. The highest BCUT2D eigenvalue weighted by Crippen LogP contribution is 2.27. The maximum absolute atomic E-state index is 9.54. The molecular weight excluding hydrogens is 242 g/mol. The van der Waals surface area contributed by atoms with Gasteiger partial charge in [0.1, 0.15) is 0 Å². The third-order valence-corrected chi connectivity index (χ3v) is 4.66. The fraction of sp³-hybridized carbons (Fsp3) is 0.600. The molecule has 0 aromatic heterocycles. The SMILES string of the molecule is Cc1ccccc1SCCC(C)(CO)NC1CC1. The summed E-state index contributed by atoms with van der Waals surface area (Å²) in [5, 5.41) is 13.1. The number of rotatable bonds is 7. The zero-order chi connectivity index (χ0) is 13.0. The lowest BCUT2D eigenvalue weighted by Crippen LogP contribution is -2.47. The topological polar surface area (TPSA) is 32.3 Å². The lowest BCUT2D eigenvalue weighted by Gasteiger charge is -2.29. The monoisotopic (exact) mass is 265 g/mol. The van der Waals surface area contributed by atoms with E-state index in [2.05, 4.69) is 43.4 Å². The zero-order valence-corrected chi connectivity index (χ0v) is 12.1. The first-order valence-electron chi connectivity index (χ1n) is 6.70. The van der Waals surface area contributed by atoms with Crippen molar-refractivity contribution in [3.63, 3.8) is 0 Å². The molecule has 3 heteroatoms. The molecule has 18 heavy (non-hydrogen) atoms. The number of nitrogens with one attached hydrogen (secondary N) is 1. The second kappa shape index (κ2) is 6.09. The molecule has 0 amide bonds. The highest BCUT2D eigenvalue weighted by Gasteiger charge is 2.31. The number of hydrogen-bond acceptors (Lipinski definition) is 3. The van der Waals surface area contributed by atoms with Crippen LogP contribution in [-0.2, 0) is 0 Å². The quantitative estimate of drug-likeness (QED) is 0.743. The van der Waals surface area contributed by atoms with Crippen molar-refractivity contribution in [1.82, 2.24) is 5.32 Å². The van der Waals surface area contributed by atoms with Crippen LogP contribution in [-0.4, -0.2) is 29.0 Å². The Bertz CT molecular complexity index is 392. The second-order valence-electron chi connectivity index (χ2n) is 5.50. The van der Waals surface area contributed by atoms with Gasteiger partial charge in [-0.05, 0) is 50.5 Å². The standard InChI is InChI=1S/C15H23NOS/c1-12-5-3-4-6-14(12)18-10-9-15(2,11-17)16-13-7-8-13/h3-6,13,16-17H,7-11H2,1-2H3. The minimum absolute atomic E-state index is 0.114. The minimum atomic E-state index is -0.114. The molecule has 1 fully saturated rings. The normalized spacial score (nSPS) is 18.6. The number of thioether (sulfide) groups is 1. The Morgan fingerprint density at radius 1 is 1.39 bits per heavy atom. The van der Waals surface area contributed by atoms with Gasteiger partial charge < -0.3 is 10.4 Å². The summed E-state index contributed by atoms with van der Waals surface area (Å²) >= 11 is 1.89. The van der Waals surface area contributed by atoms with Crippen LogP contribution in [0.2, 0.25) is 0 Å². The summed E-state index contributed by atoms with van der Waals surface area (Å²) in [6.45, 7) is 4.50. The Kier molecular flexibility index (Phi) is 4.71. The Morgan fingerprint density at radius 3 is 2.72 bits per heavy atom. The van der Waals surface area contributed by atoms with Gasteiger partial charge in [0.25, 0.3) is 0 Å². The van der Waals surface area contributed by atoms with Gasteiger partial charge in [0, 0.05) is 16.5 Å². The van der Waals surface area contributed by atoms with Crippen molar-refractivity contribution >= 4 is 11.8 Å². The van der Waals surface area contributed by atoms with Crippen LogP contribution in [0.25, 0.3) is 0 Å². The van der Waals surface area contributed by atoms with E-state index >= 15 is 0 Å². The molecule has 1 saturated carbocycles. The van der Waals surface area contributed by atoms with Crippen LogP contribution in [0.3, 0.4) is 0 Å². The molecule has 0 bridgehead atoms. The van der Waals surface area contributed by atoms with E-state index in [0.717, 1.165) is 12.2 Å². The summed E-state index contributed by atoms with van der Waals surface area (Å²) in [4.78, 5) is 1.35. The Labute approximate surface area is 114 Å². The first-order valence-corrected chi connectivity index (χ1v) is 7.68. The molecule has 1 aliphatic carbocycles. The molecule has 1 unspecified atom stereocenters. The number of aryl methyl sites for hydroxylation is 1. The van der Waals surface area contributed by atoms with E-state index in [1.165, 1.54) is 23.3 Å². The van der Waals surface area contributed by atoms with Crippen LogP contribution in [0, 0.1) is 6.92 Å². The molecule has 0 spiro atoms. The van der Waals surface area contributed by atoms with E-state index in [1.807, 2.05) is 11.8 Å². The first-order chi connectivity index (χ1) is 8.63. The van der Waals surface area contributed by atoms with Crippen molar-refractivity contribution in [2.45, 2.75) is 49.6 Å². The Hall–Kier alpha value is -0.510. The van der Waals surface area contributed by atoms with Crippen LogP contribution in [0.4, 0.5) is 0 Å². The van der Waals surface area contributed by atoms with Crippen LogP contribution in [0.5, 0.6) is 0 Å². The van der Waals surface area contributed by atoms with Crippen molar-refractivity contribution in [3.8, 4) is 0 Å². The molecule has 0 radical (unpaired) electrons. The number of benzene rings is 1. The van der Waals surface area contributed by atoms with E-state index in [1.54, 1.807) is 0 Å². The molecular formula is C15H23NOS. The Balaban J connectivity index is 1.81. The van der Waals surface area contributed by atoms with Gasteiger partial charge >= 0.3 is 0 Å². The summed E-state index contributed by atoms with van der Waals surface area (Å²) in [5.74, 6) is 1.04. The van der Waals surface area contributed by atoms with E-state index in [-0.39, 0.29) is 12.1 Å². The van der Waals surface area contributed by atoms with Crippen LogP contribution in [0.1, 0.15) is 31.7 Å². The predicted octanol–water partition coefficient (Wildman–Crippen LogP) is 2.98. The van der Waals surface area contributed by atoms with Crippen molar-refractivity contribution in [1.29, 1.82) is 0 Å². The zero-order valence-electron chi connectivity index (χ0n) is 11.3. The molecule has 0 aliphatic heterocycles. The molecule has 1 aromatic carbocycles. The van der Waals surface area contributed by atoms with Crippen LogP contribution < -0.4 is 5.32 Å². The van der Waals surface area contributed by atoms with E-state index in [4.69, 9.17) is 0 Å². The first kappa shape index (κ1) is 13.9. The molecule has 2 nitrogen and oxygen atoms in total. The van der Waals surface area contributed by atoms with Crippen LogP contribution in [0.15, 0.2) is 29.2 Å². The van der Waals surface area contributed by atoms with Gasteiger partial charge in [-0.1, -0.05) is 18.2 Å². The van der Waals surface area contributed by atoms with Crippen molar-refractivity contribution in [3.05, 3.63) is 29.8 Å². The van der Waals surface area contributed by atoms with Gasteiger partial charge in [-0.25, -0.2) is 0 Å². The number of aliphatic hydroxyl groups is 1. The predicted molar refractivity (Wildman–Crippen MR) is 78.2 cm³/mol. The van der Waals surface area contributed by atoms with Gasteiger partial charge in [-0.2, -0.15) is 0 Å². The molecule has 0 heterocycles. The van der Waals surface area contributed by atoms with E-state index in [9.17, 15) is 5.11 Å². The van der Waals surface area contributed by atoms with Crippen molar-refractivity contribution < 1.29 is 5.11 Å². The minimum Gasteiger partial charge on any atom is -0.394 e. The number of aliphatic hydroxyl groups excluding tert-OH is 1. The van der Waals surface area contributed by atoms with E-state index < -0.39 is 0 Å². The highest BCUT2D eigenvalue weighted by atomic mass is 32.2. The molecule has 1 aromatic rings. The van der Waals surface area contributed by atoms with E-state index in [0.29, 0.717) is 6.04 Å². The summed E-state index contributed by atoms with van der Waals surface area (Å²) in [6, 6.07) is 9.13. The van der Waals surface area contributed by atoms with Gasteiger partial charge in [0.2, 0.25) is 0 Å². The average molecular weight is 265 g/mol. The molecule has 1 aliphatic rings. The summed E-state index contributed by atoms with van der Waals surface area (Å²) in [7, 11) is 0. The fourth-order valence-electron chi connectivity index (χ4n) is 2.02. The summed E-state index contributed by atoms with van der Waals surface area (Å²) in [6.07, 6.45) is 3.53. The summed E-state index contributed by atoms with van der Waals surface area (Å²) in [5.41, 5.74) is 1.22. The van der Waals surface area contributed by atoms with Gasteiger partial charge in [-0.3, -0.25) is 0 Å². The van der Waals surface area contributed by atoms with Crippen molar-refractivity contribution in [2.75, 3.05) is 12.4 Å². The Morgan fingerprint density at radius 2 is 2.11 bits per heavy atom. The van der Waals surface area contributed by atoms with Crippen LogP contribution >= 0.6 is 11.8 Å². The van der Waals surface area contributed by atoms with Crippen molar-refractivity contribution in [2.24, 2.45) is 0 Å². The molecule has 1 atom stereocenters. The maximum atomic E-state index is 9.54. The lowest BCUT2D eigenvalue weighted by atomic mass is 10.0. The van der Waals surface area contributed by atoms with Gasteiger partial charge in [-0.15, -0.1) is 11.8 Å². The number of hydrogen-bond donors (Lipinski definition) is 2.